The van der Waals surface area contributed by atoms with Gasteiger partial charge in [-0.25, -0.2) is 9.97 Å². The molecule has 0 radical (unpaired) electrons. The third-order valence-corrected chi connectivity index (χ3v) is 3.18. The first-order valence-corrected chi connectivity index (χ1v) is 5.39. The van der Waals surface area contributed by atoms with E-state index in [-0.39, 0.29) is 0 Å². The molecule has 3 rings (SSSR count). The second-order valence-electron chi connectivity index (χ2n) is 3.27. The number of hydrogen-bond donors (Lipinski definition) is 3. The van der Waals surface area contributed by atoms with Crippen LogP contribution in [-0.4, -0.2) is 15.9 Å². The third kappa shape index (κ3) is 1.25. The zero-order chi connectivity index (χ0) is 11.1. The van der Waals surface area contributed by atoms with Gasteiger partial charge in [-0.15, -0.1) is 0 Å². The topological polar surface area (TPSA) is 92.9 Å². The van der Waals surface area contributed by atoms with Gasteiger partial charge in [-0.3, -0.25) is 15.6 Å². The first-order chi connectivity index (χ1) is 7.75. The van der Waals surface area contributed by atoms with E-state index in [1.807, 2.05) is 0 Å². The van der Waals surface area contributed by atoms with Crippen LogP contribution in [0.15, 0.2) is 28.4 Å². The van der Waals surface area contributed by atoms with Crippen molar-refractivity contribution in [3.05, 3.63) is 28.9 Å². The average molecular weight is 233 g/mol. The summed E-state index contributed by atoms with van der Waals surface area (Å²) in [5.41, 5.74) is 13.2. The van der Waals surface area contributed by atoms with Crippen LogP contribution in [0.4, 0.5) is 5.82 Å². The maximum Gasteiger partial charge on any atom is 0.249 e. The second kappa shape index (κ2) is 3.24. The van der Waals surface area contributed by atoms with Crippen molar-refractivity contribution < 1.29 is 4.79 Å². The van der Waals surface area contributed by atoms with Gasteiger partial charge in [0.2, 0.25) is 5.91 Å². The van der Waals surface area contributed by atoms with Gasteiger partial charge in [0.1, 0.15) is 11.4 Å². The van der Waals surface area contributed by atoms with E-state index >= 15 is 0 Å². The molecule has 0 bridgehead atoms. The molecule has 0 spiro atoms. The van der Waals surface area contributed by atoms with Gasteiger partial charge in [0, 0.05) is 5.57 Å². The van der Waals surface area contributed by atoms with E-state index < -0.39 is 5.91 Å². The highest BCUT2D eigenvalue weighted by molar-refractivity contribution is 8.02. The molecule has 1 aromatic heterocycles. The van der Waals surface area contributed by atoms with E-state index in [0.29, 0.717) is 11.4 Å². The van der Waals surface area contributed by atoms with E-state index in [1.165, 1.54) is 18.1 Å². The number of hydrazine groups is 1. The standard InChI is InChI=1S/C9H7N5OS/c10-7(15)4-1-5-6-8(14-13-5)11-3-12-9(6)16-2-4/h1-3,13H,(H2,10,15)(H,11,12,14). The molecule has 0 atom stereocenters. The molecule has 0 aromatic carbocycles. The Balaban J connectivity index is 2.20. The van der Waals surface area contributed by atoms with Crippen molar-refractivity contribution >= 4 is 29.2 Å². The summed E-state index contributed by atoms with van der Waals surface area (Å²) in [6.07, 6.45) is 3.16. The minimum atomic E-state index is -0.462. The highest BCUT2D eigenvalue weighted by atomic mass is 32.2. The van der Waals surface area contributed by atoms with Crippen LogP contribution >= 0.6 is 11.8 Å². The summed E-state index contributed by atoms with van der Waals surface area (Å²) in [5.74, 6) is 0.249. The Kier molecular flexibility index (Phi) is 1.87. The number of nitrogens with zero attached hydrogens (tertiary/aromatic N) is 2. The summed E-state index contributed by atoms with van der Waals surface area (Å²) < 4.78 is 0. The van der Waals surface area contributed by atoms with Crippen LogP contribution in [-0.2, 0) is 4.79 Å². The molecular formula is C9H7N5OS. The molecule has 80 valence electrons. The van der Waals surface area contributed by atoms with Gasteiger partial charge in [0.15, 0.2) is 5.82 Å². The molecule has 2 aliphatic rings. The highest BCUT2D eigenvalue weighted by Gasteiger charge is 2.24. The number of nitrogens with one attached hydrogen (secondary N) is 2. The van der Waals surface area contributed by atoms with Crippen LogP contribution in [0.1, 0.15) is 5.56 Å². The fraction of sp³-hybridized carbons (Fsp3) is 0. The van der Waals surface area contributed by atoms with Gasteiger partial charge in [-0.1, -0.05) is 11.8 Å². The number of amides is 1. The highest BCUT2D eigenvalue weighted by Crippen LogP contribution is 2.37. The molecule has 4 N–H and O–H groups in total. The number of nitrogens with two attached hydrogens (primary N) is 1. The zero-order valence-corrected chi connectivity index (χ0v) is 8.84. The maximum absolute atomic E-state index is 11.1. The lowest BCUT2D eigenvalue weighted by Gasteiger charge is -1.99. The van der Waals surface area contributed by atoms with Gasteiger partial charge in [-0.2, -0.15) is 0 Å². The number of carbonyl (C=O) groups excluding carboxylic acids is 1. The molecule has 1 aromatic rings. The predicted molar refractivity (Wildman–Crippen MR) is 59.9 cm³/mol. The lowest BCUT2D eigenvalue weighted by molar-refractivity contribution is -0.114. The third-order valence-electron chi connectivity index (χ3n) is 2.28. The summed E-state index contributed by atoms with van der Waals surface area (Å²) in [5, 5.41) is 2.49. The fourth-order valence-corrected chi connectivity index (χ4v) is 2.39. The van der Waals surface area contributed by atoms with Gasteiger partial charge in [-0.05, 0) is 11.5 Å². The molecule has 7 heteroatoms. The Morgan fingerprint density at radius 1 is 1.38 bits per heavy atom. The predicted octanol–water partition coefficient (Wildman–Crippen LogP) is 0.223. The zero-order valence-electron chi connectivity index (χ0n) is 8.02. The smallest absolute Gasteiger partial charge is 0.249 e. The lowest BCUT2D eigenvalue weighted by atomic mass is 10.2. The van der Waals surface area contributed by atoms with Crippen LogP contribution in [0, 0.1) is 0 Å². The largest absolute Gasteiger partial charge is 0.366 e. The SMILES string of the molecule is NC(=O)C1=CSc2ncnc3c2C(=C1)NN3. The van der Waals surface area contributed by atoms with Gasteiger partial charge < -0.3 is 5.73 Å². The Bertz CT molecular complexity index is 551. The number of rotatable bonds is 1. The summed E-state index contributed by atoms with van der Waals surface area (Å²) in [7, 11) is 0. The second-order valence-corrected chi connectivity index (χ2v) is 4.12. The van der Waals surface area contributed by atoms with Crippen LogP contribution in [0.2, 0.25) is 0 Å². The Morgan fingerprint density at radius 3 is 3.06 bits per heavy atom. The van der Waals surface area contributed by atoms with Crippen molar-refractivity contribution in [2.24, 2.45) is 5.73 Å². The van der Waals surface area contributed by atoms with Gasteiger partial charge in [0.05, 0.1) is 11.3 Å². The Labute approximate surface area is 95.0 Å². The van der Waals surface area contributed by atoms with Crippen molar-refractivity contribution in [2.75, 3.05) is 5.43 Å². The molecule has 1 amide bonds. The number of anilines is 1. The fourth-order valence-electron chi connectivity index (χ4n) is 1.53. The quantitative estimate of drug-likeness (QED) is 0.601. The van der Waals surface area contributed by atoms with E-state index in [0.717, 1.165) is 16.3 Å². The van der Waals surface area contributed by atoms with Gasteiger partial charge in [0.25, 0.3) is 0 Å². The van der Waals surface area contributed by atoms with Gasteiger partial charge >= 0.3 is 0 Å². The van der Waals surface area contributed by atoms with Crippen molar-refractivity contribution in [1.29, 1.82) is 0 Å². The molecule has 0 fully saturated rings. The van der Waals surface area contributed by atoms with E-state index in [4.69, 9.17) is 5.73 Å². The van der Waals surface area contributed by atoms with Crippen molar-refractivity contribution in [2.45, 2.75) is 5.03 Å². The first-order valence-electron chi connectivity index (χ1n) is 4.51. The number of aromatic nitrogens is 2. The minimum Gasteiger partial charge on any atom is -0.366 e. The lowest BCUT2D eigenvalue weighted by Crippen LogP contribution is -2.15. The minimum absolute atomic E-state index is 0.445. The molecule has 6 nitrogen and oxygen atoms in total. The molecule has 2 aliphatic heterocycles. The average Bonchev–Trinajstić information content (AvgIpc) is 2.56. The van der Waals surface area contributed by atoms with Crippen LogP contribution in [0.25, 0.3) is 5.70 Å². The maximum atomic E-state index is 11.1. The number of hydrogen-bond acceptors (Lipinski definition) is 6. The number of primary amides is 1. The normalized spacial score (nSPS) is 16.2. The van der Waals surface area contributed by atoms with Crippen LogP contribution < -0.4 is 16.6 Å². The van der Waals surface area contributed by atoms with Crippen molar-refractivity contribution in [3.63, 3.8) is 0 Å². The first kappa shape index (κ1) is 9.22. The molecule has 0 saturated heterocycles. The number of carbonyl (C=O) groups is 1. The van der Waals surface area contributed by atoms with E-state index in [9.17, 15) is 4.79 Å². The van der Waals surface area contributed by atoms with E-state index in [2.05, 4.69) is 20.8 Å². The van der Waals surface area contributed by atoms with Crippen molar-refractivity contribution in [1.82, 2.24) is 15.4 Å². The molecule has 16 heavy (non-hydrogen) atoms. The molecule has 0 unspecified atom stereocenters. The summed E-state index contributed by atoms with van der Waals surface area (Å²) in [4.78, 5) is 19.4. The van der Waals surface area contributed by atoms with Crippen LogP contribution in [0.3, 0.4) is 0 Å². The Morgan fingerprint density at radius 2 is 2.25 bits per heavy atom. The Hall–Kier alpha value is -2.02. The van der Waals surface area contributed by atoms with Crippen LogP contribution in [0.5, 0.6) is 0 Å². The number of thioether (sulfide) groups is 1. The van der Waals surface area contributed by atoms with Crippen molar-refractivity contribution in [3.8, 4) is 0 Å². The molecule has 3 heterocycles. The monoisotopic (exact) mass is 233 g/mol. The summed E-state index contributed by atoms with van der Waals surface area (Å²) in [6.45, 7) is 0. The molecular weight excluding hydrogens is 226 g/mol. The molecule has 0 aliphatic carbocycles. The summed E-state index contributed by atoms with van der Waals surface area (Å²) >= 11 is 1.36. The van der Waals surface area contributed by atoms with E-state index in [1.54, 1.807) is 11.5 Å². The molecule has 0 saturated carbocycles. The summed E-state index contributed by atoms with van der Waals surface area (Å²) in [6, 6.07) is 0.